The maximum atomic E-state index is 11.1. The zero-order valence-corrected chi connectivity index (χ0v) is 9.68. The Hall–Kier alpha value is -2.12. The van der Waals surface area contributed by atoms with Gasteiger partial charge >= 0.3 is 0 Å². The van der Waals surface area contributed by atoms with E-state index in [1.165, 1.54) is 12.1 Å². The number of hydrogen-bond acceptors (Lipinski definition) is 5. The lowest BCUT2D eigenvalue weighted by Crippen LogP contribution is -2.03. The molecule has 0 atom stereocenters. The summed E-state index contributed by atoms with van der Waals surface area (Å²) in [6, 6.07) is 4.61. The molecule has 0 aliphatic carbocycles. The van der Waals surface area contributed by atoms with Gasteiger partial charge in [-0.15, -0.1) is 0 Å². The Morgan fingerprint density at radius 3 is 2.22 bits per heavy atom. The SMILES string of the molecule is O=Cc1c(S(=O)(=O)O)ccc2cc(O)c(O)cc12. The average molecular weight is 268 g/mol. The van der Waals surface area contributed by atoms with E-state index in [-0.39, 0.29) is 23.0 Å². The van der Waals surface area contributed by atoms with Gasteiger partial charge in [0.25, 0.3) is 10.1 Å². The van der Waals surface area contributed by atoms with Gasteiger partial charge in [-0.25, -0.2) is 0 Å². The third kappa shape index (κ3) is 1.89. The molecular weight excluding hydrogens is 260 g/mol. The average Bonchev–Trinajstić information content (AvgIpc) is 2.28. The quantitative estimate of drug-likeness (QED) is 0.430. The van der Waals surface area contributed by atoms with E-state index in [1.54, 1.807) is 0 Å². The van der Waals surface area contributed by atoms with Gasteiger partial charge in [-0.1, -0.05) is 6.07 Å². The first-order chi connectivity index (χ1) is 8.34. The Morgan fingerprint density at radius 1 is 1.06 bits per heavy atom. The van der Waals surface area contributed by atoms with Gasteiger partial charge in [0.15, 0.2) is 17.8 Å². The monoisotopic (exact) mass is 268 g/mol. The second-order valence-corrected chi connectivity index (χ2v) is 5.02. The summed E-state index contributed by atoms with van der Waals surface area (Å²) in [6.45, 7) is 0. The van der Waals surface area contributed by atoms with E-state index in [0.717, 1.165) is 12.1 Å². The fourth-order valence-electron chi connectivity index (χ4n) is 1.70. The summed E-state index contributed by atoms with van der Waals surface area (Å²) < 4.78 is 31.2. The molecule has 0 amide bonds. The number of phenolic OH excluding ortho intramolecular Hbond substituents is 2. The first-order valence-electron chi connectivity index (χ1n) is 4.76. The number of hydrogen-bond donors (Lipinski definition) is 3. The first-order valence-corrected chi connectivity index (χ1v) is 6.20. The number of aromatic hydroxyl groups is 2. The Balaban J connectivity index is 2.97. The van der Waals surface area contributed by atoms with Gasteiger partial charge < -0.3 is 10.2 Å². The van der Waals surface area contributed by atoms with Crippen LogP contribution >= 0.6 is 0 Å². The molecule has 2 rings (SSSR count). The molecule has 94 valence electrons. The van der Waals surface area contributed by atoms with Crippen LogP contribution in [0.3, 0.4) is 0 Å². The molecule has 3 N–H and O–H groups in total. The van der Waals surface area contributed by atoms with Crippen molar-refractivity contribution in [1.29, 1.82) is 0 Å². The van der Waals surface area contributed by atoms with Crippen LogP contribution in [0.2, 0.25) is 0 Å². The van der Waals surface area contributed by atoms with Crippen molar-refractivity contribution in [3.8, 4) is 11.5 Å². The molecule has 18 heavy (non-hydrogen) atoms. The number of benzene rings is 2. The molecule has 0 bridgehead atoms. The topological polar surface area (TPSA) is 112 Å². The van der Waals surface area contributed by atoms with Crippen LogP contribution in [-0.4, -0.2) is 29.5 Å². The Kier molecular flexibility index (Phi) is 2.72. The second kappa shape index (κ2) is 3.97. The fraction of sp³-hybridized carbons (Fsp3) is 0. The van der Waals surface area contributed by atoms with Crippen LogP contribution < -0.4 is 0 Å². The highest BCUT2D eigenvalue weighted by Crippen LogP contribution is 2.33. The third-order valence-electron chi connectivity index (χ3n) is 2.51. The molecule has 0 saturated heterocycles. The van der Waals surface area contributed by atoms with Gasteiger partial charge in [0.05, 0.1) is 0 Å². The van der Waals surface area contributed by atoms with Crippen molar-refractivity contribution >= 4 is 27.2 Å². The summed E-state index contributed by atoms with van der Waals surface area (Å²) in [5.74, 6) is -0.878. The van der Waals surface area contributed by atoms with Gasteiger partial charge in [-0.3, -0.25) is 9.35 Å². The summed E-state index contributed by atoms with van der Waals surface area (Å²) in [4.78, 5) is 10.4. The summed E-state index contributed by atoms with van der Waals surface area (Å²) in [5.41, 5.74) is -0.273. The normalized spacial score (nSPS) is 11.6. The standard InChI is InChI=1S/C11H8O6S/c12-5-8-7-4-10(14)9(13)3-6(7)1-2-11(8)18(15,16)17/h1-5,13-14H,(H,15,16,17). The summed E-state index contributed by atoms with van der Waals surface area (Å²) >= 11 is 0. The highest BCUT2D eigenvalue weighted by molar-refractivity contribution is 7.86. The van der Waals surface area contributed by atoms with Crippen LogP contribution in [-0.2, 0) is 10.1 Å². The summed E-state index contributed by atoms with van der Waals surface area (Å²) in [6.07, 6.45) is 0.266. The van der Waals surface area contributed by atoms with Gasteiger partial charge in [0.1, 0.15) is 4.90 Å². The van der Waals surface area contributed by atoms with Crippen LogP contribution in [0.1, 0.15) is 10.4 Å². The second-order valence-electron chi connectivity index (χ2n) is 3.63. The van der Waals surface area contributed by atoms with E-state index in [9.17, 15) is 23.4 Å². The molecule has 0 unspecified atom stereocenters. The van der Waals surface area contributed by atoms with Crippen molar-refractivity contribution in [2.24, 2.45) is 0 Å². The van der Waals surface area contributed by atoms with Crippen molar-refractivity contribution in [3.63, 3.8) is 0 Å². The Labute approximate surface area is 102 Å². The predicted molar refractivity (Wildman–Crippen MR) is 62.5 cm³/mol. The van der Waals surface area contributed by atoms with Crippen LogP contribution in [0, 0.1) is 0 Å². The molecule has 2 aromatic rings. The van der Waals surface area contributed by atoms with Crippen molar-refractivity contribution < 1.29 is 28.0 Å². The van der Waals surface area contributed by atoms with Gasteiger partial charge in [0.2, 0.25) is 0 Å². The van der Waals surface area contributed by atoms with Crippen LogP contribution in [0.5, 0.6) is 11.5 Å². The molecule has 7 heteroatoms. The molecule has 0 radical (unpaired) electrons. The number of fused-ring (bicyclic) bond motifs is 1. The Bertz CT molecular complexity index is 748. The molecule has 0 aliphatic rings. The van der Waals surface area contributed by atoms with Crippen molar-refractivity contribution in [2.75, 3.05) is 0 Å². The molecule has 0 saturated carbocycles. The van der Waals surface area contributed by atoms with Crippen LogP contribution in [0.15, 0.2) is 29.2 Å². The number of phenols is 2. The smallest absolute Gasteiger partial charge is 0.295 e. The van der Waals surface area contributed by atoms with Crippen molar-refractivity contribution in [1.82, 2.24) is 0 Å². The van der Waals surface area contributed by atoms with E-state index < -0.39 is 20.8 Å². The predicted octanol–water partition coefficient (Wildman–Crippen LogP) is 1.31. The van der Waals surface area contributed by atoms with E-state index in [0.29, 0.717) is 5.39 Å². The number of rotatable bonds is 2. The first kappa shape index (κ1) is 12.3. The summed E-state index contributed by atoms with van der Waals surface area (Å²) in [7, 11) is -4.54. The number of aldehydes is 1. The zero-order valence-electron chi connectivity index (χ0n) is 8.86. The minimum Gasteiger partial charge on any atom is -0.504 e. The van der Waals surface area contributed by atoms with Crippen molar-refractivity contribution in [3.05, 3.63) is 29.8 Å². The number of carbonyl (C=O) groups is 1. The van der Waals surface area contributed by atoms with Crippen LogP contribution in [0.4, 0.5) is 0 Å². The lowest BCUT2D eigenvalue weighted by atomic mass is 10.0. The molecule has 0 spiro atoms. The lowest BCUT2D eigenvalue weighted by Gasteiger charge is -2.07. The Morgan fingerprint density at radius 2 is 1.67 bits per heavy atom. The minimum atomic E-state index is -4.54. The van der Waals surface area contributed by atoms with Crippen molar-refractivity contribution in [2.45, 2.75) is 4.90 Å². The van der Waals surface area contributed by atoms with E-state index in [2.05, 4.69) is 0 Å². The fourth-order valence-corrected chi connectivity index (χ4v) is 2.37. The molecular formula is C11H8O6S. The maximum Gasteiger partial charge on any atom is 0.295 e. The highest BCUT2D eigenvalue weighted by atomic mass is 32.2. The lowest BCUT2D eigenvalue weighted by molar-refractivity contribution is 0.112. The molecule has 0 heterocycles. The molecule has 0 aliphatic heterocycles. The minimum absolute atomic E-state index is 0.121. The number of carbonyl (C=O) groups excluding carboxylic acids is 1. The van der Waals surface area contributed by atoms with Gasteiger partial charge in [-0.05, 0) is 29.0 Å². The molecule has 0 fully saturated rings. The van der Waals surface area contributed by atoms with E-state index in [4.69, 9.17) is 4.55 Å². The third-order valence-corrected chi connectivity index (χ3v) is 3.42. The highest BCUT2D eigenvalue weighted by Gasteiger charge is 2.18. The molecule has 0 aromatic heterocycles. The van der Waals surface area contributed by atoms with E-state index >= 15 is 0 Å². The largest absolute Gasteiger partial charge is 0.504 e. The van der Waals surface area contributed by atoms with Gasteiger partial charge in [0, 0.05) is 5.56 Å². The van der Waals surface area contributed by atoms with E-state index in [1.807, 2.05) is 0 Å². The van der Waals surface area contributed by atoms with Gasteiger partial charge in [-0.2, -0.15) is 8.42 Å². The summed E-state index contributed by atoms with van der Waals surface area (Å²) in [5, 5.41) is 19.1. The molecule has 6 nitrogen and oxygen atoms in total. The van der Waals surface area contributed by atoms with Crippen LogP contribution in [0.25, 0.3) is 10.8 Å². The maximum absolute atomic E-state index is 11.1. The molecule has 2 aromatic carbocycles. The zero-order chi connectivity index (χ0) is 13.5.